The molecule has 1 unspecified atom stereocenters. The van der Waals surface area contributed by atoms with Crippen LogP contribution in [0.5, 0.6) is 0 Å². The number of esters is 1. The number of carbonyl (C=O) groups excluding carboxylic acids is 1. The molecule has 0 aliphatic heterocycles. The monoisotopic (exact) mass is 311 g/mol. The summed E-state index contributed by atoms with van der Waals surface area (Å²) in [6.45, 7) is 5.55. The molecule has 2 aromatic rings. The molecule has 1 atom stereocenters. The molecule has 3 nitrogen and oxygen atoms in total. The second-order valence-corrected chi connectivity index (χ2v) is 6.09. The highest BCUT2D eigenvalue weighted by atomic mass is 16.5. The molecule has 0 fully saturated rings. The number of nitrogens with zero attached hydrogens (tertiary/aromatic N) is 1. The minimum atomic E-state index is -0.264. The quantitative estimate of drug-likeness (QED) is 0.727. The second-order valence-electron chi connectivity index (χ2n) is 6.09. The fraction of sp³-hybridized carbons (Fsp3) is 0.350. The Labute approximate surface area is 138 Å². The van der Waals surface area contributed by atoms with E-state index in [0.717, 1.165) is 0 Å². The van der Waals surface area contributed by atoms with E-state index in [1.54, 1.807) is 0 Å². The first-order chi connectivity index (χ1) is 11.1. The van der Waals surface area contributed by atoms with Gasteiger partial charge in [0, 0.05) is 13.1 Å². The average molecular weight is 311 g/mol. The predicted octanol–water partition coefficient (Wildman–Crippen LogP) is 3.89. The zero-order chi connectivity index (χ0) is 16.7. The van der Waals surface area contributed by atoms with Crippen molar-refractivity contribution in [3.63, 3.8) is 0 Å². The summed E-state index contributed by atoms with van der Waals surface area (Å²) in [7, 11) is 1.46. The lowest BCUT2D eigenvalue weighted by Crippen LogP contribution is -2.44. The Balaban J connectivity index is 2.27. The molecular weight excluding hydrogens is 286 g/mol. The van der Waals surface area contributed by atoms with Crippen molar-refractivity contribution in [1.29, 1.82) is 0 Å². The number of benzene rings is 2. The standard InChI is InChI=1S/C20H25NO2/c1-16(2)19(20(22)23-3)21(14-17-10-6-4-7-11-17)15-18-12-8-5-9-13-18/h4-13,16,19H,14-15H2,1-3H3. The van der Waals surface area contributed by atoms with Gasteiger partial charge in [0.25, 0.3) is 0 Å². The molecule has 2 rings (SSSR count). The maximum absolute atomic E-state index is 12.3. The Bertz CT molecular complexity index is 554. The molecule has 0 aliphatic carbocycles. The van der Waals surface area contributed by atoms with Gasteiger partial charge in [-0.1, -0.05) is 74.5 Å². The normalized spacial score (nSPS) is 12.4. The summed E-state index contributed by atoms with van der Waals surface area (Å²) in [5.74, 6) is 0.00161. The van der Waals surface area contributed by atoms with E-state index in [0.29, 0.717) is 13.1 Å². The van der Waals surface area contributed by atoms with Crippen molar-refractivity contribution in [2.75, 3.05) is 7.11 Å². The molecule has 0 N–H and O–H groups in total. The van der Waals surface area contributed by atoms with E-state index in [4.69, 9.17) is 4.74 Å². The topological polar surface area (TPSA) is 29.5 Å². The molecule has 0 spiro atoms. The molecule has 0 aromatic heterocycles. The van der Waals surface area contributed by atoms with Gasteiger partial charge in [-0.15, -0.1) is 0 Å². The van der Waals surface area contributed by atoms with Crippen molar-refractivity contribution in [1.82, 2.24) is 4.90 Å². The van der Waals surface area contributed by atoms with Gasteiger partial charge in [-0.3, -0.25) is 9.69 Å². The molecular formula is C20H25NO2. The molecule has 122 valence electrons. The second kappa shape index (κ2) is 8.49. The Kier molecular flexibility index (Phi) is 6.36. The Hall–Kier alpha value is -2.13. The molecule has 0 heterocycles. The van der Waals surface area contributed by atoms with E-state index >= 15 is 0 Å². The van der Waals surface area contributed by atoms with Crippen LogP contribution in [0.1, 0.15) is 25.0 Å². The van der Waals surface area contributed by atoms with Crippen LogP contribution in [0.2, 0.25) is 0 Å². The van der Waals surface area contributed by atoms with Gasteiger partial charge in [0.2, 0.25) is 0 Å². The fourth-order valence-electron chi connectivity index (χ4n) is 2.85. The number of rotatable bonds is 7. The van der Waals surface area contributed by atoms with Crippen molar-refractivity contribution < 1.29 is 9.53 Å². The van der Waals surface area contributed by atoms with E-state index in [1.165, 1.54) is 18.2 Å². The highest BCUT2D eigenvalue weighted by molar-refractivity contribution is 5.76. The highest BCUT2D eigenvalue weighted by Gasteiger charge is 2.30. The van der Waals surface area contributed by atoms with Crippen LogP contribution in [-0.2, 0) is 22.6 Å². The van der Waals surface area contributed by atoms with Gasteiger partial charge >= 0.3 is 5.97 Å². The van der Waals surface area contributed by atoms with Crippen LogP contribution in [0, 0.1) is 5.92 Å². The largest absolute Gasteiger partial charge is 0.468 e. The molecule has 2 aromatic carbocycles. The molecule has 0 amide bonds. The Morgan fingerprint density at radius 3 is 1.70 bits per heavy atom. The maximum Gasteiger partial charge on any atom is 0.323 e. The summed E-state index contributed by atoms with van der Waals surface area (Å²) in [4.78, 5) is 14.5. The fourth-order valence-corrected chi connectivity index (χ4v) is 2.85. The lowest BCUT2D eigenvalue weighted by Gasteiger charge is -2.32. The summed E-state index contributed by atoms with van der Waals surface area (Å²) >= 11 is 0. The first-order valence-corrected chi connectivity index (χ1v) is 8.01. The van der Waals surface area contributed by atoms with Gasteiger partial charge < -0.3 is 4.74 Å². The lowest BCUT2D eigenvalue weighted by atomic mass is 10.0. The van der Waals surface area contributed by atoms with Crippen LogP contribution >= 0.6 is 0 Å². The number of carbonyl (C=O) groups is 1. The Morgan fingerprint density at radius 1 is 0.913 bits per heavy atom. The Morgan fingerprint density at radius 2 is 1.35 bits per heavy atom. The molecule has 0 saturated carbocycles. The van der Waals surface area contributed by atoms with Gasteiger partial charge in [0.1, 0.15) is 6.04 Å². The van der Waals surface area contributed by atoms with Crippen molar-refractivity contribution in [2.24, 2.45) is 5.92 Å². The minimum Gasteiger partial charge on any atom is -0.468 e. The average Bonchev–Trinajstić information content (AvgIpc) is 2.56. The summed E-state index contributed by atoms with van der Waals surface area (Å²) in [6, 6.07) is 20.2. The van der Waals surface area contributed by atoms with Gasteiger partial charge in [-0.25, -0.2) is 0 Å². The third kappa shape index (κ3) is 4.93. The molecule has 0 saturated heterocycles. The van der Waals surface area contributed by atoms with Crippen molar-refractivity contribution >= 4 is 5.97 Å². The van der Waals surface area contributed by atoms with E-state index in [2.05, 4.69) is 43.0 Å². The summed E-state index contributed by atoms with van der Waals surface area (Å²) in [5, 5.41) is 0. The zero-order valence-corrected chi connectivity index (χ0v) is 14.1. The van der Waals surface area contributed by atoms with Crippen molar-refractivity contribution in [3.8, 4) is 0 Å². The summed E-state index contributed by atoms with van der Waals surface area (Å²) in [6.07, 6.45) is 0. The van der Waals surface area contributed by atoms with Crippen LogP contribution in [0.15, 0.2) is 60.7 Å². The van der Waals surface area contributed by atoms with E-state index < -0.39 is 0 Å². The van der Waals surface area contributed by atoms with Crippen LogP contribution < -0.4 is 0 Å². The van der Waals surface area contributed by atoms with E-state index in [9.17, 15) is 4.79 Å². The van der Waals surface area contributed by atoms with Crippen LogP contribution in [0.3, 0.4) is 0 Å². The van der Waals surface area contributed by atoms with Crippen LogP contribution in [0.25, 0.3) is 0 Å². The lowest BCUT2D eigenvalue weighted by molar-refractivity contribution is -0.149. The minimum absolute atomic E-state index is 0.174. The van der Waals surface area contributed by atoms with Crippen molar-refractivity contribution in [3.05, 3.63) is 71.8 Å². The first kappa shape index (κ1) is 17.2. The van der Waals surface area contributed by atoms with Crippen LogP contribution in [-0.4, -0.2) is 24.0 Å². The SMILES string of the molecule is COC(=O)C(C(C)C)N(Cc1ccccc1)Cc1ccccc1. The molecule has 3 heteroatoms. The third-order valence-corrected chi connectivity index (χ3v) is 3.92. The van der Waals surface area contributed by atoms with Gasteiger partial charge in [-0.2, -0.15) is 0 Å². The summed E-state index contributed by atoms with van der Waals surface area (Å²) < 4.78 is 5.05. The maximum atomic E-state index is 12.3. The molecule has 0 radical (unpaired) electrons. The van der Waals surface area contributed by atoms with E-state index in [1.807, 2.05) is 36.4 Å². The highest BCUT2D eigenvalue weighted by Crippen LogP contribution is 2.19. The van der Waals surface area contributed by atoms with Crippen molar-refractivity contribution in [2.45, 2.75) is 33.0 Å². The molecule has 0 bridgehead atoms. The number of hydrogen-bond donors (Lipinski definition) is 0. The van der Waals surface area contributed by atoms with Gasteiger partial charge in [0.15, 0.2) is 0 Å². The van der Waals surface area contributed by atoms with E-state index in [-0.39, 0.29) is 17.9 Å². The number of ether oxygens (including phenoxy) is 1. The summed E-state index contributed by atoms with van der Waals surface area (Å²) in [5.41, 5.74) is 2.39. The number of methoxy groups -OCH3 is 1. The first-order valence-electron chi connectivity index (χ1n) is 8.01. The zero-order valence-electron chi connectivity index (χ0n) is 14.1. The van der Waals surface area contributed by atoms with Gasteiger partial charge in [-0.05, 0) is 17.0 Å². The number of hydrogen-bond acceptors (Lipinski definition) is 3. The predicted molar refractivity (Wildman–Crippen MR) is 92.8 cm³/mol. The molecule has 23 heavy (non-hydrogen) atoms. The van der Waals surface area contributed by atoms with Gasteiger partial charge in [0.05, 0.1) is 7.11 Å². The smallest absolute Gasteiger partial charge is 0.323 e. The molecule has 0 aliphatic rings. The van der Waals surface area contributed by atoms with Crippen LogP contribution in [0.4, 0.5) is 0 Å². The third-order valence-electron chi connectivity index (χ3n) is 3.92.